The molecule has 1 aliphatic heterocycles. The van der Waals surface area contributed by atoms with E-state index in [4.69, 9.17) is 11.6 Å². The van der Waals surface area contributed by atoms with Crippen LogP contribution in [0.1, 0.15) is 51.2 Å². The number of hydrogen-bond donors (Lipinski definition) is 2. The van der Waals surface area contributed by atoms with E-state index in [1.54, 1.807) is 24.3 Å². The van der Waals surface area contributed by atoms with Crippen molar-refractivity contribution in [3.63, 3.8) is 0 Å². The molecular weight excluding hydrogens is 486 g/mol. The molecular formula is C26H30ClN3O2S2. The highest BCUT2D eigenvalue weighted by molar-refractivity contribution is 7.86. The summed E-state index contributed by atoms with van der Waals surface area (Å²) in [5.41, 5.74) is 6.83. The van der Waals surface area contributed by atoms with Gasteiger partial charge in [-0.1, -0.05) is 17.7 Å². The number of hydrogen-bond acceptors (Lipinski definition) is 4. The van der Waals surface area contributed by atoms with Gasteiger partial charge in [-0.25, -0.2) is 4.21 Å². The van der Waals surface area contributed by atoms with Crippen molar-refractivity contribution in [2.75, 3.05) is 28.0 Å². The van der Waals surface area contributed by atoms with E-state index in [0.29, 0.717) is 20.5 Å². The number of rotatable bonds is 6. The summed E-state index contributed by atoms with van der Waals surface area (Å²) in [6.07, 6.45) is 3.67. The van der Waals surface area contributed by atoms with E-state index in [-0.39, 0.29) is 5.91 Å². The van der Waals surface area contributed by atoms with Gasteiger partial charge < -0.3 is 10.2 Å². The van der Waals surface area contributed by atoms with E-state index in [9.17, 15) is 9.00 Å². The zero-order chi connectivity index (χ0) is 24.4. The molecule has 180 valence electrons. The number of benzene rings is 2. The highest BCUT2D eigenvalue weighted by atomic mass is 35.5. The van der Waals surface area contributed by atoms with E-state index in [1.165, 1.54) is 41.9 Å². The van der Waals surface area contributed by atoms with Crippen molar-refractivity contribution in [3.8, 4) is 0 Å². The zero-order valence-corrected chi connectivity index (χ0v) is 22.3. The second kappa shape index (κ2) is 10.5. The summed E-state index contributed by atoms with van der Waals surface area (Å²) in [6, 6.07) is 9.18. The number of aryl methyl sites for hydroxylation is 3. The van der Waals surface area contributed by atoms with Gasteiger partial charge >= 0.3 is 0 Å². The van der Waals surface area contributed by atoms with Gasteiger partial charge in [0, 0.05) is 29.5 Å². The van der Waals surface area contributed by atoms with Gasteiger partial charge in [-0.05, 0) is 98.9 Å². The third kappa shape index (κ3) is 5.16. The molecule has 1 fully saturated rings. The first kappa shape index (κ1) is 24.8. The van der Waals surface area contributed by atoms with Crippen LogP contribution in [0.5, 0.6) is 0 Å². The van der Waals surface area contributed by atoms with E-state index in [2.05, 4.69) is 34.9 Å². The molecule has 1 saturated heterocycles. The number of nitrogens with zero attached hydrogens (tertiary/aromatic N) is 1. The second-order valence-corrected chi connectivity index (χ2v) is 11.3. The molecule has 1 atom stereocenters. The van der Waals surface area contributed by atoms with Crippen LogP contribution in [0.25, 0.3) is 0 Å². The Morgan fingerprint density at radius 3 is 2.44 bits per heavy atom. The van der Waals surface area contributed by atoms with Crippen molar-refractivity contribution in [2.24, 2.45) is 0 Å². The Kier molecular flexibility index (Phi) is 7.65. The number of thiophene rings is 1. The maximum Gasteiger partial charge on any atom is 0.267 e. The molecule has 5 nitrogen and oxygen atoms in total. The van der Waals surface area contributed by atoms with E-state index in [0.717, 1.165) is 35.5 Å². The van der Waals surface area contributed by atoms with Gasteiger partial charge in [0.25, 0.3) is 5.91 Å². The number of amides is 1. The fraction of sp³-hybridized carbons (Fsp3) is 0.346. The van der Waals surface area contributed by atoms with Crippen LogP contribution in [0.15, 0.2) is 40.6 Å². The molecule has 0 saturated carbocycles. The van der Waals surface area contributed by atoms with E-state index in [1.807, 2.05) is 19.2 Å². The molecule has 34 heavy (non-hydrogen) atoms. The smallest absolute Gasteiger partial charge is 0.267 e. The fourth-order valence-corrected chi connectivity index (χ4v) is 6.74. The van der Waals surface area contributed by atoms with Crippen LogP contribution < -0.4 is 14.9 Å². The van der Waals surface area contributed by atoms with Crippen molar-refractivity contribution in [3.05, 3.63) is 67.9 Å². The predicted octanol–water partition coefficient (Wildman–Crippen LogP) is 7.01. The number of piperidine rings is 1. The molecule has 3 aromatic rings. The van der Waals surface area contributed by atoms with Crippen LogP contribution in [0.3, 0.4) is 0 Å². The van der Waals surface area contributed by atoms with Gasteiger partial charge in [-0.3, -0.25) is 9.52 Å². The minimum atomic E-state index is -1.51. The average Bonchev–Trinajstić information content (AvgIpc) is 3.25. The Balaban J connectivity index is 1.57. The van der Waals surface area contributed by atoms with Crippen LogP contribution in [0.2, 0.25) is 5.02 Å². The predicted molar refractivity (Wildman–Crippen MR) is 145 cm³/mol. The van der Waals surface area contributed by atoms with Crippen LogP contribution in [-0.4, -0.2) is 23.2 Å². The molecule has 0 spiro atoms. The Morgan fingerprint density at radius 2 is 1.74 bits per heavy atom. The van der Waals surface area contributed by atoms with Gasteiger partial charge in [-0.2, -0.15) is 0 Å². The molecule has 1 unspecified atom stereocenters. The van der Waals surface area contributed by atoms with Crippen molar-refractivity contribution >= 4 is 56.9 Å². The third-order valence-electron chi connectivity index (χ3n) is 6.25. The highest BCUT2D eigenvalue weighted by Gasteiger charge is 2.22. The average molecular weight is 516 g/mol. The van der Waals surface area contributed by atoms with Crippen molar-refractivity contribution < 1.29 is 9.00 Å². The Labute approximate surface area is 213 Å². The van der Waals surface area contributed by atoms with Crippen molar-refractivity contribution in [1.82, 2.24) is 0 Å². The number of halogens is 1. The van der Waals surface area contributed by atoms with E-state index < -0.39 is 11.0 Å². The molecule has 2 aromatic carbocycles. The second-order valence-electron chi connectivity index (χ2n) is 8.80. The van der Waals surface area contributed by atoms with Crippen LogP contribution >= 0.6 is 22.9 Å². The first-order valence-electron chi connectivity index (χ1n) is 11.5. The number of carbonyl (C=O) groups is 1. The first-order valence-corrected chi connectivity index (χ1v) is 13.9. The number of anilines is 3. The zero-order valence-electron chi connectivity index (χ0n) is 20.0. The number of nitrogens with one attached hydrogen (secondary N) is 2. The summed E-state index contributed by atoms with van der Waals surface area (Å²) in [4.78, 5) is 16.9. The monoisotopic (exact) mass is 515 g/mol. The van der Waals surface area contributed by atoms with Gasteiger partial charge in [-0.15, -0.1) is 11.3 Å². The molecule has 8 heteroatoms. The van der Waals surface area contributed by atoms with Crippen LogP contribution in [0, 0.1) is 27.7 Å². The summed E-state index contributed by atoms with van der Waals surface area (Å²) >= 11 is 7.36. The fourth-order valence-electron chi connectivity index (χ4n) is 4.68. The minimum absolute atomic E-state index is 0.207. The van der Waals surface area contributed by atoms with Gasteiger partial charge in [0.2, 0.25) is 0 Å². The lowest BCUT2D eigenvalue weighted by Crippen LogP contribution is -2.31. The quantitative estimate of drug-likeness (QED) is 0.371. The van der Waals surface area contributed by atoms with Gasteiger partial charge in [0.1, 0.15) is 4.88 Å². The van der Waals surface area contributed by atoms with Gasteiger partial charge in [0.05, 0.1) is 10.6 Å². The molecule has 0 bridgehead atoms. The maximum absolute atomic E-state index is 13.3. The molecule has 1 amide bonds. The topological polar surface area (TPSA) is 61.4 Å². The van der Waals surface area contributed by atoms with Crippen molar-refractivity contribution in [1.29, 1.82) is 0 Å². The Hall–Kier alpha value is -2.35. The molecule has 2 N–H and O–H groups in total. The lowest BCUT2D eigenvalue weighted by Gasteiger charge is -2.33. The summed E-state index contributed by atoms with van der Waals surface area (Å²) < 4.78 is 16.0. The summed E-state index contributed by atoms with van der Waals surface area (Å²) in [5.74, 6) is -0.207. The lowest BCUT2D eigenvalue weighted by atomic mass is 9.99. The molecule has 0 radical (unpaired) electrons. The summed E-state index contributed by atoms with van der Waals surface area (Å²) in [6.45, 7) is 10.2. The maximum atomic E-state index is 13.3. The molecule has 0 aliphatic carbocycles. The number of carbonyl (C=O) groups excluding carboxylic acids is 1. The molecule has 4 rings (SSSR count). The highest BCUT2D eigenvalue weighted by Crippen LogP contribution is 2.36. The largest absolute Gasteiger partial charge is 0.371 e. The lowest BCUT2D eigenvalue weighted by molar-refractivity contribution is 0.103. The third-order valence-corrected chi connectivity index (χ3v) is 8.66. The molecule has 1 aliphatic rings. The molecule has 1 aromatic heterocycles. The Bertz CT molecular complexity index is 1250. The van der Waals surface area contributed by atoms with Crippen LogP contribution in [-0.2, 0) is 11.0 Å². The SMILES string of the molecule is Cc1cc(Cl)ccc1S(=O)Nc1ccsc1C(=O)Nc1c(C)cc(C)c(N2CCCCC2)c1C. The molecule has 2 heterocycles. The Morgan fingerprint density at radius 1 is 1.00 bits per heavy atom. The normalized spacial score (nSPS) is 14.7. The van der Waals surface area contributed by atoms with Crippen LogP contribution in [0.4, 0.5) is 17.1 Å². The standard InChI is InChI=1S/C26H30ClN3O2S2/c1-16-15-20(27)8-9-22(16)34(32)29-21-10-13-33-25(21)26(31)28-23-17(2)14-18(3)24(19(23)4)30-11-6-5-7-12-30/h8-10,13-15,29H,5-7,11-12H2,1-4H3,(H,28,31). The van der Waals surface area contributed by atoms with E-state index >= 15 is 0 Å². The first-order chi connectivity index (χ1) is 16.3. The minimum Gasteiger partial charge on any atom is -0.371 e. The van der Waals surface area contributed by atoms with Crippen molar-refractivity contribution in [2.45, 2.75) is 51.9 Å². The summed E-state index contributed by atoms with van der Waals surface area (Å²) in [7, 11) is -1.51. The van der Waals surface area contributed by atoms with Gasteiger partial charge in [0.15, 0.2) is 11.0 Å². The summed E-state index contributed by atoms with van der Waals surface area (Å²) in [5, 5.41) is 5.58.